The van der Waals surface area contributed by atoms with Gasteiger partial charge in [-0.15, -0.1) is 0 Å². The predicted molar refractivity (Wildman–Crippen MR) is 65.4 cm³/mol. The second-order valence-electron chi connectivity index (χ2n) is 4.46. The number of methoxy groups -OCH3 is 1. The van der Waals surface area contributed by atoms with Crippen LogP contribution in [0.3, 0.4) is 0 Å². The minimum absolute atomic E-state index is 0.390. The van der Waals surface area contributed by atoms with Crippen LogP contribution < -0.4 is 10.5 Å². The quantitative estimate of drug-likeness (QED) is 0.803. The van der Waals surface area contributed by atoms with E-state index in [0.29, 0.717) is 12.3 Å². The van der Waals surface area contributed by atoms with Crippen LogP contribution in [0.5, 0.6) is 5.75 Å². The first-order chi connectivity index (χ1) is 7.56. The largest absolute Gasteiger partial charge is 0.496 e. The Balaban J connectivity index is 2.82. The zero-order valence-corrected chi connectivity index (χ0v) is 10.2. The van der Waals surface area contributed by atoms with Crippen molar-refractivity contribution in [1.29, 1.82) is 0 Å². The molecule has 0 unspecified atom stereocenters. The number of benzene rings is 1. The highest BCUT2D eigenvalue weighted by molar-refractivity contribution is 5.36. The molecule has 0 bridgehead atoms. The lowest BCUT2D eigenvalue weighted by Crippen LogP contribution is -2.27. The summed E-state index contributed by atoms with van der Waals surface area (Å²) in [6.45, 7) is 4.14. The normalized spacial score (nSPS) is 14.9. The van der Waals surface area contributed by atoms with E-state index in [0.717, 1.165) is 11.3 Å². The molecular formula is C13H21NO2. The summed E-state index contributed by atoms with van der Waals surface area (Å²) in [5.41, 5.74) is 6.89. The van der Waals surface area contributed by atoms with E-state index in [1.807, 2.05) is 24.3 Å². The van der Waals surface area contributed by atoms with Gasteiger partial charge in [0.2, 0.25) is 0 Å². The minimum atomic E-state index is -0.531. The number of rotatable bonds is 5. The first-order valence-electron chi connectivity index (χ1n) is 5.62. The van der Waals surface area contributed by atoms with Crippen molar-refractivity contribution >= 4 is 0 Å². The third-order valence-electron chi connectivity index (χ3n) is 2.63. The first kappa shape index (κ1) is 13.0. The van der Waals surface area contributed by atoms with E-state index in [4.69, 9.17) is 10.5 Å². The van der Waals surface area contributed by atoms with E-state index in [2.05, 4.69) is 13.8 Å². The van der Waals surface area contributed by atoms with Crippen LogP contribution in [0.15, 0.2) is 24.3 Å². The maximum atomic E-state index is 9.98. The van der Waals surface area contributed by atoms with Crippen molar-refractivity contribution < 1.29 is 9.84 Å². The molecule has 0 saturated carbocycles. The molecule has 0 amide bonds. The summed E-state index contributed by atoms with van der Waals surface area (Å²) in [5.74, 6) is 1.16. The molecule has 3 heteroatoms. The highest BCUT2D eigenvalue weighted by Crippen LogP contribution is 2.27. The molecule has 2 atom stereocenters. The maximum absolute atomic E-state index is 9.98. The molecule has 1 rings (SSSR count). The zero-order valence-electron chi connectivity index (χ0n) is 10.2. The Bertz CT molecular complexity index is 325. The van der Waals surface area contributed by atoms with Crippen LogP contribution in [-0.4, -0.2) is 18.3 Å². The number of nitrogens with two attached hydrogens (primary N) is 1. The lowest BCUT2D eigenvalue weighted by atomic mass is 9.95. The molecule has 0 saturated heterocycles. The van der Waals surface area contributed by atoms with Crippen LogP contribution in [0.1, 0.15) is 31.9 Å². The molecule has 0 aliphatic heterocycles. The van der Waals surface area contributed by atoms with E-state index in [1.165, 1.54) is 0 Å². The van der Waals surface area contributed by atoms with Crippen molar-refractivity contribution in [1.82, 2.24) is 0 Å². The first-order valence-corrected chi connectivity index (χ1v) is 5.62. The van der Waals surface area contributed by atoms with Crippen molar-refractivity contribution in [3.8, 4) is 5.75 Å². The lowest BCUT2D eigenvalue weighted by molar-refractivity contribution is 0.120. The van der Waals surface area contributed by atoms with Crippen molar-refractivity contribution in [2.75, 3.05) is 7.11 Å². The van der Waals surface area contributed by atoms with Crippen LogP contribution in [0.4, 0.5) is 0 Å². The van der Waals surface area contributed by atoms with Crippen LogP contribution in [0.2, 0.25) is 0 Å². The van der Waals surface area contributed by atoms with Crippen molar-refractivity contribution in [3.63, 3.8) is 0 Å². The highest BCUT2D eigenvalue weighted by Gasteiger charge is 2.20. The minimum Gasteiger partial charge on any atom is -0.496 e. The molecule has 90 valence electrons. The molecule has 0 radical (unpaired) electrons. The SMILES string of the molecule is COc1ccccc1[C@@H](N)[C@@H](O)CC(C)C. The number of para-hydroxylation sites is 1. The van der Waals surface area contributed by atoms with Gasteiger partial charge in [-0.2, -0.15) is 0 Å². The standard InChI is InChI=1S/C13H21NO2/c1-9(2)8-11(15)13(14)10-6-4-5-7-12(10)16-3/h4-7,9,11,13,15H,8,14H2,1-3H3/t11-,13+/m0/s1. The number of ether oxygens (including phenoxy) is 1. The van der Waals surface area contributed by atoms with Gasteiger partial charge in [0.15, 0.2) is 0 Å². The third kappa shape index (κ3) is 3.22. The van der Waals surface area contributed by atoms with Crippen molar-refractivity contribution in [2.24, 2.45) is 11.7 Å². The molecule has 3 N–H and O–H groups in total. The second-order valence-corrected chi connectivity index (χ2v) is 4.46. The molecule has 1 aromatic rings. The Morgan fingerprint density at radius 1 is 1.31 bits per heavy atom. The summed E-state index contributed by atoms with van der Waals surface area (Å²) in [7, 11) is 1.61. The molecular weight excluding hydrogens is 202 g/mol. The Morgan fingerprint density at radius 2 is 1.94 bits per heavy atom. The predicted octanol–water partition coefficient (Wildman–Crippen LogP) is 2.10. The average molecular weight is 223 g/mol. The number of aliphatic hydroxyl groups excluding tert-OH is 1. The monoisotopic (exact) mass is 223 g/mol. The number of hydrogen-bond donors (Lipinski definition) is 2. The zero-order chi connectivity index (χ0) is 12.1. The lowest BCUT2D eigenvalue weighted by Gasteiger charge is -2.22. The summed E-state index contributed by atoms with van der Waals surface area (Å²) in [6.07, 6.45) is 0.162. The summed E-state index contributed by atoms with van der Waals surface area (Å²) < 4.78 is 5.23. The second kappa shape index (κ2) is 5.87. The van der Waals surface area contributed by atoms with Crippen molar-refractivity contribution in [2.45, 2.75) is 32.4 Å². The fourth-order valence-electron chi connectivity index (χ4n) is 1.78. The fourth-order valence-corrected chi connectivity index (χ4v) is 1.78. The van der Waals surface area contributed by atoms with Gasteiger partial charge >= 0.3 is 0 Å². The molecule has 0 fully saturated rings. The maximum Gasteiger partial charge on any atom is 0.123 e. The summed E-state index contributed by atoms with van der Waals surface area (Å²) in [5, 5.41) is 9.98. The van der Waals surface area contributed by atoms with Crippen LogP contribution in [0, 0.1) is 5.92 Å². The van der Waals surface area contributed by atoms with E-state index in [9.17, 15) is 5.11 Å². The summed E-state index contributed by atoms with van der Waals surface area (Å²) in [4.78, 5) is 0. The highest BCUT2D eigenvalue weighted by atomic mass is 16.5. The molecule has 0 aromatic heterocycles. The Kier molecular flexibility index (Phi) is 4.77. The molecule has 0 aliphatic rings. The molecule has 1 aromatic carbocycles. The van der Waals surface area contributed by atoms with Crippen molar-refractivity contribution in [3.05, 3.63) is 29.8 Å². The summed E-state index contributed by atoms with van der Waals surface area (Å²) >= 11 is 0. The van der Waals surface area contributed by atoms with E-state index >= 15 is 0 Å². The van der Waals surface area contributed by atoms with Gasteiger partial charge in [0.25, 0.3) is 0 Å². The van der Waals surface area contributed by atoms with Gasteiger partial charge in [0, 0.05) is 5.56 Å². The Hall–Kier alpha value is -1.06. The van der Waals surface area contributed by atoms with E-state index in [-0.39, 0.29) is 0 Å². The van der Waals surface area contributed by atoms with E-state index in [1.54, 1.807) is 7.11 Å². The number of hydrogen-bond acceptors (Lipinski definition) is 3. The third-order valence-corrected chi connectivity index (χ3v) is 2.63. The van der Waals surface area contributed by atoms with Gasteiger partial charge in [-0.1, -0.05) is 32.0 Å². The average Bonchev–Trinajstić information content (AvgIpc) is 2.27. The number of aliphatic hydroxyl groups is 1. The molecule has 0 aliphatic carbocycles. The van der Waals surface area contributed by atoms with Gasteiger partial charge in [0.1, 0.15) is 5.75 Å². The molecule has 16 heavy (non-hydrogen) atoms. The van der Waals surface area contributed by atoms with Gasteiger partial charge in [0.05, 0.1) is 19.3 Å². The van der Waals surface area contributed by atoms with Crippen LogP contribution in [0.25, 0.3) is 0 Å². The fraction of sp³-hybridized carbons (Fsp3) is 0.538. The molecule has 0 spiro atoms. The van der Waals surface area contributed by atoms with Crippen LogP contribution in [-0.2, 0) is 0 Å². The van der Waals surface area contributed by atoms with E-state index < -0.39 is 12.1 Å². The Labute approximate surface area is 97.2 Å². The smallest absolute Gasteiger partial charge is 0.123 e. The molecule has 0 heterocycles. The van der Waals surface area contributed by atoms with Crippen LogP contribution >= 0.6 is 0 Å². The topological polar surface area (TPSA) is 55.5 Å². The molecule has 3 nitrogen and oxygen atoms in total. The summed E-state index contributed by atoms with van der Waals surface area (Å²) in [6, 6.07) is 7.16. The van der Waals surface area contributed by atoms with Gasteiger partial charge in [-0.05, 0) is 18.4 Å². The Morgan fingerprint density at radius 3 is 2.50 bits per heavy atom. The van der Waals surface area contributed by atoms with Gasteiger partial charge in [-0.3, -0.25) is 0 Å². The van der Waals surface area contributed by atoms with Gasteiger partial charge in [-0.25, -0.2) is 0 Å². The van der Waals surface area contributed by atoms with Gasteiger partial charge < -0.3 is 15.6 Å².